The summed E-state index contributed by atoms with van der Waals surface area (Å²) in [6, 6.07) is 2.57. The predicted octanol–water partition coefficient (Wildman–Crippen LogP) is 4.23. The number of hydrogen-bond donors (Lipinski definition) is 3. The van der Waals surface area contributed by atoms with E-state index in [0.717, 1.165) is 19.3 Å². The Kier molecular flexibility index (Phi) is 8.45. The lowest BCUT2D eigenvalue weighted by Crippen LogP contribution is -2.14. The molecule has 114 valence electrons. The summed E-state index contributed by atoms with van der Waals surface area (Å²) < 4.78 is 0. The third-order valence-corrected chi connectivity index (χ3v) is 3.17. The standard InChI is InChI=1S/C14H20O4.C2H6/c1-3-5-6-9(4-2)12(16)10-7-8-11(15)14(18)13(10)17;1-2/h7-9,15,17-18H,3-6H2,1-2H3;1-2H3. The van der Waals surface area contributed by atoms with Gasteiger partial charge in [-0.25, -0.2) is 0 Å². The molecule has 0 spiro atoms. The van der Waals surface area contributed by atoms with Gasteiger partial charge >= 0.3 is 0 Å². The van der Waals surface area contributed by atoms with E-state index in [4.69, 9.17) is 0 Å². The SMILES string of the molecule is CC.CCCCC(CC)C(=O)c1ccc(O)c(O)c1O. The van der Waals surface area contributed by atoms with Gasteiger partial charge in [0.25, 0.3) is 0 Å². The Bertz CT molecular complexity index is 427. The second-order valence-electron chi connectivity index (χ2n) is 4.44. The third kappa shape index (κ3) is 4.44. The fourth-order valence-electron chi connectivity index (χ4n) is 1.96. The smallest absolute Gasteiger partial charge is 0.201 e. The number of carbonyl (C=O) groups is 1. The minimum atomic E-state index is -0.633. The first-order valence-corrected chi connectivity index (χ1v) is 7.31. The van der Waals surface area contributed by atoms with E-state index in [2.05, 4.69) is 6.92 Å². The molecule has 0 fully saturated rings. The highest BCUT2D eigenvalue weighted by atomic mass is 16.3. The number of phenolic OH excluding ortho intramolecular Hbond substituents is 3. The summed E-state index contributed by atoms with van der Waals surface area (Å²) in [6.07, 6.45) is 3.43. The number of unbranched alkanes of at least 4 members (excludes halogenated alkanes) is 1. The van der Waals surface area contributed by atoms with Crippen molar-refractivity contribution >= 4 is 5.78 Å². The van der Waals surface area contributed by atoms with Gasteiger partial charge in [-0.1, -0.05) is 40.5 Å². The molecule has 1 aromatic carbocycles. The topological polar surface area (TPSA) is 77.8 Å². The zero-order chi connectivity index (χ0) is 15.7. The molecule has 0 radical (unpaired) electrons. The molecule has 0 amide bonds. The first kappa shape index (κ1) is 18.3. The van der Waals surface area contributed by atoms with E-state index < -0.39 is 17.2 Å². The molecule has 4 nitrogen and oxygen atoms in total. The Hall–Kier alpha value is -1.71. The van der Waals surface area contributed by atoms with Crippen LogP contribution in [0.25, 0.3) is 0 Å². The summed E-state index contributed by atoms with van der Waals surface area (Å²) in [4.78, 5) is 12.2. The van der Waals surface area contributed by atoms with Crippen LogP contribution in [-0.2, 0) is 0 Å². The quantitative estimate of drug-likeness (QED) is 0.539. The second-order valence-corrected chi connectivity index (χ2v) is 4.44. The van der Waals surface area contributed by atoms with Crippen molar-refractivity contribution in [1.29, 1.82) is 0 Å². The second kappa shape index (κ2) is 9.23. The zero-order valence-corrected chi connectivity index (χ0v) is 12.8. The maximum Gasteiger partial charge on any atom is 0.201 e. The average Bonchev–Trinajstić information content (AvgIpc) is 2.47. The fourth-order valence-corrected chi connectivity index (χ4v) is 1.96. The monoisotopic (exact) mass is 282 g/mol. The highest BCUT2D eigenvalue weighted by Crippen LogP contribution is 2.38. The molecule has 0 aliphatic heterocycles. The molecule has 3 N–H and O–H groups in total. The number of benzene rings is 1. The molecular formula is C16H26O4. The molecule has 0 heterocycles. The van der Waals surface area contributed by atoms with Crippen LogP contribution in [0.3, 0.4) is 0 Å². The van der Waals surface area contributed by atoms with Gasteiger partial charge in [0.2, 0.25) is 5.75 Å². The van der Waals surface area contributed by atoms with E-state index >= 15 is 0 Å². The number of Topliss-reactive ketones (excluding diaryl/α,β-unsaturated/α-hetero) is 1. The van der Waals surface area contributed by atoms with Crippen molar-refractivity contribution in [2.75, 3.05) is 0 Å². The van der Waals surface area contributed by atoms with Crippen LogP contribution in [0.2, 0.25) is 0 Å². The van der Waals surface area contributed by atoms with Gasteiger partial charge in [-0.05, 0) is 25.0 Å². The van der Waals surface area contributed by atoms with E-state index in [1.165, 1.54) is 12.1 Å². The van der Waals surface area contributed by atoms with Crippen molar-refractivity contribution in [3.63, 3.8) is 0 Å². The fraction of sp³-hybridized carbons (Fsp3) is 0.562. The highest BCUT2D eigenvalue weighted by Gasteiger charge is 2.23. The predicted molar refractivity (Wildman–Crippen MR) is 80.4 cm³/mol. The van der Waals surface area contributed by atoms with Crippen molar-refractivity contribution in [2.45, 2.75) is 53.4 Å². The average molecular weight is 282 g/mol. The lowest BCUT2D eigenvalue weighted by atomic mass is 9.90. The van der Waals surface area contributed by atoms with E-state index in [1.54, 1.807) is 0 Å². The number of carbonyl (C=O) groups excluding carboxylic acids is 1. The Balaban J connectivity index is 0.00000172. The lowest BCUT2D eigenvalue weighted by molar-refractivity contribution is 0.0904. The molecule has 0 aliphatic rings. The van der Waals surface area contributed by atoms with Crippen LogP contribution in [0.15, 0.2) is 12.1 Å². The normalized spacial score (nSPS) is 11.4. The zero-order valence-electron chi connectivity index (χ0n) is 12.8. The van der Waals surface area contributed by atoms with Crippen LogP contribution in [0.5, 0.6) is 17.2 Å². The van der Waals surface area contributed by atoms with Gasteiger partial charge in [-0.3, -0.25) is 4.79 Å². The molecule has 1 unspecified atom stereocenters. The molecule has 1 aromatic rings. The first-order chi connectivity index (χ1) is 9.52. The van der Waals surface area contributed by atoms with Crippen LogP contribution in [0.4, 0.5) is 0 Å². The number of phenols is 3. The van der Waals surface area contributed by atoms with E-state index in [0.29, 0.717) is 6.42 Å². The summed E-state index contributed by atoms with van der Waals surface area (Å²) in [5.41, 5.74) is 0.0771. The van der Waals surface area contributed by atoms with Gasteiger partial charge in [0.1, 0.15) is 0 Å². The molecule has 20 heavy (non-hydrogen) atoms. The number of ketones is 1. The van der Waals surface area contributed by atoms with Gasteiger partial charge in [-0.15, -0.1) is 0 Å². The minimum absolute atomic E-state index is 0.0771. The van der Waals surface area contributed by atoms with Crippen molar-refractivity contribution in [2.24, 2.45) is 5.92 Å². The van der Waals surface area contributed by atoms with Crippen LogP contribution < -0.4 is 0 Å². The summed E-state index contributed by atoms with van der Waals surface area (Å²) in [6.45, 7) is 7.98. The van der Waals surface area contributed by atoms with Crippen molar-refractivity contribution in [3.8, 4) is 17.2 Å². The number of aromatic hydroxyl groups is 3. The van der Waals surface area contributed by atoms with Gasteiger partial charge in [-0.2, -0.15) is 0 Å². The van der Waals surface area contributed by atoms with Gasteiger partial charge in [0, 0.05) is 5.92 Å². The molecule has 0 saturated heterocycles. The molecule has 0 aromatic heterocycles. The van der Waals surface area contributed by atoms with Gasteiger partial charge in [0.05, 0.1) is 5.56 Å². The van der Waals surface area contributed by atoms with Crippen LogP contribution in [0, 0.1) is 5.92 Å². The summed E-state index contributed by atoms with van der Waals surface area (Å²) in [5.74, 6) is -1.93. The minimum Gasteiger partial charge on any atom is -0.504 e. The summed E-state index contributed by atoms with van der Waals surface area (Å²) >= 11 is 0. The third-order valence-electron chi connectivity index (χ3n) is 3.17. The Morgan fingerprint density at radius 2 is 1.70 bits per heavy atom. The Morgan fingerprint density at radius 1 is 1.10 bits per heavy atom. The van der Waals surface area contributed by atoms with Crippen LogP contribution in [-0.4, -0.2) is 21.1 Å². The number of hydrogen-bond acceptors (Lipinski definition) is 4. The summed E-state index contributed by atoms with van der Waals surface area (Å²) in [7, 11) is 0. The molecule has 0 saturated carbocycles. The van der Waals surface area contributed by atoms with Crippen molar-refractivity contribution in [3.05, 3.63) is 17.7 Å². The van der Waals surface area contributed by atoms with E-state index in [1.807, 2.05) is 20.8 Å². The molecular weight excluding hydrogens is 256 g/mol. The highest BCUT2D eigenvalue weighted by molar-refractivity contribution is 6.01. The Morgan fingerprint density at radius 3 is 2.20 bits per heavy atom. The first-order valence-electron chi connectivity index (χ1n) is 7.31. The number of rotatable bonds is 6. The molecule has 4 heteroatoms. The largest absolute Gasteiger partial charge is 0.504 e. The molecule has 1 atom stereocenters. The van der Waals surface area contributed by atoms with Crippen LogP contribution >= 0.6 is 0 Å². The Labute approximate surface area is 121 Å². The molecule has 0 aliphatic carbocycles. The van der Waals surface area contributed by atoms with Gasteiger partial charge < -0.3 is 15.3 Å². The summed E-state index contributed by atoms with van der Waals surface area (Å²) in [5, 5.41) is 28.3. The van der Waals surface area contributed by atoms with Gasteiger partial charge in [0.15, 0.2) is 17.3 Å². The van der Waals surface area contributed by atoms with E-state index in [-0.39, 0.29) is 17.3 Å². The van der Waals surface area contributed by atoms with E-state index in [9.17, 15) is 20.1 Å². The van der Waals surface area contributed by atoms with Crippen molar-refractivity contribution < 1.29 is 20.1 Å². The maximum absolute atomic E-state index is 12.2. The van der Waals surface area contributed by atoms with Crippen molar-refractivity contribution in [1.82, 2.24) is 0 Å². The van der Waals surface area contributed by atoms with Crippen LogP contribution in [0.1, 0.15) is 63.7 Å². The molecule has 1 rings (SSSR count). The maximum atomic E-state index is 12.2. The molecule has 0 bridgehead atoms. The lowest BCUT2D eigenvalue weighted by Gasteiger charge is -2.14.